The minimum Gasteiger partial charge on any atom is -0.497 e. The topological polar surface area (TPSA) is 67.4 Å². The van der Waals surface area contributed by atoms with E-state index in [1.807, 2.05) is 19.2 Å². The van der Waals surface area contributed by atoms with Crippen molar-refractivity contribution in [2.45, 2.75) is 37.8 Å². The van der Waals surface area contributed by atoms with Crippen molar-refractivity contribution >= 4 is 29.9 Å². The van der Waals surface area contributed by atoms with Crippen molar-refractivity contribution in [2.24, 2.45) is 4.99 Å². The zero-order chi connectivity index (χ0) is 20.3. The number of halogens is 1. The number of ether oxygens (including phenoxy) is 3. The lowest BCUT2D eigenvalue weighted by Gasteiger charge is -2.29. The van der Waals surface area contributed by atoms with Crippen LogP contribution in [0.2, 0.25) is 0 Å². The molecule has 8 heteroatoms. The summed E-state index contributed by atoms with van der Waals surface area (Å²) in [7, 11) is 3.52. The summed E-state index contributed by atoms with van der Waals surface area (Å²) in [5, 5.41) is 6.91. The first-order valence-electron chi connectivity index (χ1n) is 10.8. The van der Waals surface area contributed by atoms with Gasteiger partial charge in [0.1, 0.15) is 5.75 Å². The maximum atomic E-state index is 5.82. The largest absolute Gasteiger partial charge is 0.497 e. The van der Waals surface area contributed by atoms with E-state index in [1.54, 1.807) is 7.11 Å². The lowest BCUT2D eigenvalue weighted by molar-refractivity contribution is 0.0420. The first kappa shape index (κ1) is 25.2. The predicted molar refractivity (Wildman–Crippen MR) is 131 cm³/mol. The Morgan fingerprint density at radius 3 is 2.63 bits per heavy atom. The molecule has 2 heterocycles. The number of methoxy groups -OCH3 is 1. The summed E-state index contributed by atoms with van der Waals surface area (Å²) in [5.41, 5.74) is 1.31. The summed E-state index contributed by atoms with van der Waals surface area (Å²) in [6.07, 6.45) is 4.78. The van der Waals surface area contributed by atoms with E-state index in [1.165, 1.54) is 18.4 Å². The maximum Gasteiger partial charge on any atom is 0.191 e. The van der Waals surface area contributed by atoms with Gasteiger partial charge in [-0.3, -0.25) is 9.89 Å². The van der Waals surface area contributed by atoms with Crippen LogP contribution in [0.5, 0.6) is 5.75 Å². The number of likely N-dealkylation sites (tertiary alicyclic amines) is 1. The Morgan fingerprint density at radius 1 is 1.23 bits per heavy atom. The summed E-state index contributed by atoms with van der Waals surface area (Å²) >= 11 is 0. The van der Waals surface area contributed by atoms with Gasteiger partial charge in [0, 0.05) is 33.4 Å². The van der Waals surface area contributed by atoms with Gasteiger partial charge >= 0.3 is 0 Å². The maximum absolute atomic E-state index is 5.82. The third-order valence-corrected chi connectivity index (χ3v) is 5.62. The average molecular weight is 532 g/mol. The molecule has 3 rings (SSSR count). The van der Waals surface area contributed by atoms with E-state index in [-0.39, 0.29) is 30.1 Å². The molecular weight excluding hydrogens is 495 g/mol. The van der Waals surface area contributed by atoms with Gasteiger partial charge in [-0.15, -0.1) is 24.0 Å². The molecule has 1 aromatic carbocycles. The predicted octanol–water partition coefficient (Wildman–Crippen LogP) is 2.81. The molecule has 0 radical (unpaired) electrons. The molecule has 2 atom stereocenters. The third kappa shape index (κ3) is 7.86. The SMILES string of the molecule is CN=C(NCCCOC1CCOC1)NCC(c1ccc(OC)cc1)N1CCCC1.I. The van der Waals surface area contributed by atoms with Gasteiger partial charge in [-0.1, -0.05) is 12.1 Å². The fourth-order valence-electron chi connectivity index (χ4n) is 3.92. The van der Waals surface area contributed by atoms with E-state index >= 15 is 0 Å². The van der Waals surface area contributed by atoms with E-state index in [0.717, 1.165) is 70.6 Å². The van der Waals surface area contributed by atoms with Gasteiger partial charge in [0.05, 0.1) is 25.9 Å². The van der Waals surface area contributed by atoms with Crippen molar-refractivity contribution in [2.75, 3.05) is 60.2 Å². The minimum atomic E-state index is 0. The van der Waals surface area contributed by atoms with E-state index in [4.69, 9.17) is 14.2 Å². The normalized spacial score (nSPS) is 20.6. The molecule has 1 aromatic rings. The zero-order valence-corrected chi connectivity index (χ0v) is 20.6. The Balaban J connectivity index is 0.00000320. The number of rotatable bonds is 10. The number of nitrogens with zero attached hydrogens (tertiary/aromatic N) is 2. The molecule has 2 aliphatic heterocycles. The summed E-state index contributed by atoms with van der Waals surface area (Å²) in [6, 6.07) is 8.75. The second-order valence-corrected chi connectivity index (χ2v) is 7.62. The Bertz CT molecular complexity index is 617. The molecule has 2 unspecified atom stereocenters. The molecular formula is C22H37IN4O3. The van der Waals surface area contributed by atoms with Crippen molar-refractivity contribution in [1.82, 2.24) is 15.5 Å². The average Bonchev–Trinajstić information content (AvgIpc) is 3.47. The number of aliphatic imine (C=N–C) groups is 1. The van der Waals surface area contributed by atoms with Gasteiger partial charge in [0.25, 0.3) is 0 Å². The molecule has 2 fully saturated rings. The van der Waals surface area contributed by atoms with Gasteiger partial charge in [0.2, 0.25) is 0 Å². The first-order valence-corrected chi connectivity index (χ1v) is 10.8. The van der Waals surface area contributed by atoms with Crippen LogP contribution < -0.4 is 15.4 Å². The molecule has 170 valence electrons. The van der Waals surface area contributed by atoms with Gasteiger partial charge < -0.3 is 24.8 Å². The van der Waals surface area contributed by atoms with Crippen LogP contribution in [0.15, 0.2) is 29.3 Å². The molecule has 2 N–H and O–H groups in total. The van der Waals surface area contributed by atoms with Crippen LogP contribution in [-0.4, -0.2) is 77.1 Å². The summed E-state index contributed by atoms with van der Waals surface area (Å²) in [4.78, 5) is 6.93. The molecule has 0 amide bonds. The Hall–Kier alpha value is -1.10. The highest BCUT2D eigenvalue weighted by Gasteiger charge is 2.23. The van der Waals surface area contributed by atoms with Gasteiger partial charge in [0.15, 0.2) is 5.96 Å². The van der Waals surface area contributed by atoms with Gasteiger partial charge in [-0.2, -0.15) is 0 Å². The van der Waals surface area contributed by atoms with E-state index in [0.29, 0.717) is 6.04 Å². The van der Waals surface area contributed by atoms with E-state index in [9.17, 15) is 0 Å². The number of guanidine groups is 1. The number of nitrogens with one attached hydrogen (secondary N) is 2. The number of benzene rings is 1. The Morgan fingerprint density at radius 2 is 2.00 bits per heavy atom. The first-order chi connectivity index (χ1) is 14.3. The van der Waals surface area contributed by atoms with Crippen LogP contribution in [0.3, 0.4) is 0 Å². The van der Waals surface area contributed by atoms with Crippen molar-refractivity contribution in [1.29, 1.82) is 0 Å². The molecule has 0 bridgehead atoms. The summed E-state index contributed by atoms with van der Waals surface area (Å²) in [5.74, 6) is 1.73. The second-order valence-electron chi connectivity index (χ2n) is 7.62. The van der Waals surface area contributed by atoms with Gasteiger partial charge in [-0.05, 0) is 56.5 Å². The van der Waals surface area contributed by atoms with Crippen LogP contribution in [-0.2, 0) is 9.47 Å². The molecule has 2 aliphatic rings. The van der Waals surface area contributed by atoms with Crippen molar-refractivity contribution in [3.63, 3.8) is 0 Å². The Labute approximate surface area is 197 Å². The highest BCUT2D eigenvalue weighted by molar-refractivity contribution is 14.0. The lowest BCUT2D eigenvalue weighted by Crippen LogP contribution is -2.43. The number of hydrogen-bond donors (Lipinski definition) is 2. The fourth-order valence-corrected chi connectivity index (χ4v) is 3.92. The lowest BCUT2D eigenvalue weighted by atomic mass is 10.1. The van der Waals surface area contributed by atoms with Crippen LogP contribution in [0.4, 0.5) is 0 Å². The monoisotopic (exact) mass is 532 g/mol. The molecule has 0 aromatic heterocycles. The van der Waals surface area contributed by atoms with Crippen LogP contribution in [0.25, 0.3) is 0 Å². The summed E-state index contributed by atoms with van der Waals surface area (Å²) in [6.45, 7) is 6.26. The smallest absolute Gasteiger partial charge is 0.191 e. The fraction of sp³-hybridized carbons (Fsp3) is 0.682. The van der Waals surface area contributed by atoms with Gasteiger partial charge in [-0.25, -0.2) is 0 Å². The molecule has 0 spiro atoms. The minimum absolute atomic E-state index is 0. The standard InChI is InChI=1S/C22H36N4O3.HI/c1-23-22(24-11-5-14-29-20-10-15-28-17-20)25-16-21(26-12-3-4-13-26)18-6-8-19(27-2)9-7-18;/h6-9,20-21H,3-5,10-17H2,1-2H3,(H2,23,24,25);1H. The van der Waals surface area contributed by atoms with Crippen LogP contribution in [0.1, 0.15) is 37.3 Å². The van der Waals surface area contributed by atoms with E-state index in [2.05, 4.69) is 32.7 Å². The molecule has 0 aliphatic carbocycles. The molecule has 0 saturated carbocycles. The second kappa shape index (κ2) is 14.1. The highest BCUT2D eigenvalue weighted by Crippen LogP contribution is 2.26. The van der Waals surface area contributed by atoms with Crippen LogP contribution >= 0.6 is 24.0 Å². The van der Waals surface area contributed by atoms with E-state index < -0.39 is 0 Å². The van der Waals surface area contributed by atoms with Crippen molar-refractivity contribution in [3.8, 4) is 5.75 Å². The van der Waals surface area contributed by atoms with Crippen LogP contribution in [0, 0.1) is 0 Å². The quantitative estimate of drug-likeness (QED) is 0.209. The third-order valence-electron chi connectivity index (χ3n) is 5.62. The van der Waals surface area contributed by atoms with Crippen molar-refractivity contribution < 1.29 is 14.2 Å². The molecule has 7 nitrogen and oxygen atoms in total. The summed E-state index contributed by atoms with van der Waals surface area (Å²) < 4.78 is 16.5. The zero-order valence-electron chi connectivity index (χ0n) is 18.3. The van der Waals surface area contributed by atoms with Crippen molar-refractivity contribution in [3.05, 3.63) is 29.8 Å². The molecule has 30 heavy (non-hydrogen) atoms. The molecule has 2 saturated heterocycles. The number of hydrogen-bond acceptors (Lipinski definition) is 5. The highest BCUT2D eigenvalue weighted by atomic mass is 127. The Kier molecular flexibility index (Phi) is 11.8.